The van der Waals surface area contributed by atoms with Crippen LogP contribution in [0.15, 0.2) is 53.4 Å². The Morgan fingerprint density at radius 2 is 1.91 bits per heavy atom. The van der Waals surface area contributed by atoms with Crippen molar-refractivity contribution in [2.24, 2.45) is 0 Å². The second kappa shape index (κ2) is 11.6. The zero-order valence-electron chi connectivity index (χ0n) is 18.0. The van der Waals surface area contributed by atoms with Gasteiger partial charge in [-0.3, -0.25) is 9.69 Å². The van der Waals surface area contributed by atoms with E-state index < -0.39 is 10.0 Å². The molecule has 1 saturated heterocycles. The Hall–Kier alpha value is -2.17. The van der Waals surface area contributed by atoms with Crippen LogP contribution in [0, 0.1) is 0 Å². The standard InChI is InChI=1S/C22H28ClN3O5S/c1-30-20-8-7-19(23)15-21(20)32(28,29)26(16-18-5-3-2-4-6-18)17-22(27)24-9-10-25-11-13-31-14-12-25/h2-8,15H,9-14,16-17H2,1H3,(H,24,27). The molecule has 3 rings (SSSR count). The Kier molecular flexibility index (Phi) is 8.89. The van der Waals surface area contributed by atoms with Crippen molar-refractivity contribution >= 4 is 27.5 Å². The van der Waals surface area contributed by atoms with E-state index in [9.17, 15) is 13.2 Å². The van der Waals surface area contributed by atoms with Crippen molar-refractivity contribution in [2.75, 3.05) is 53.0 Å². The van der Waals surface area contributed by atoms with Gasteiger partial charge in [0.1, 0.15) is 10.6 Å². The Bertz CT molecular complexity index is 998. The maximum absolute atomic E-state index is 13.5. The summed E-state index contributed by atoms with van der Waals surface area (Å²) in [5.74, 6) is -0.209. The number of amides is 1. The first kappa shape index (κ1) is 24.5. The van der Waals surface area contributed by atoms with Crippen LogP contribution in [0.1, 0.15) is 5.56 Å². The van der Waals surface area contributed by atoms with Crippen LogP contribution in [-0.2, 0) is 26.1 Å². The number of benzene rings is 2. The smallest absolute Gasteiger partial charge is 0.247 e. The van der Waals surface area contributed by atoms with Crippen molar-refractivity contribution in [2.45, 2.75) is 11.4 Å². The Balaban J connectivity index is 1.75. The number of sulfonamides is 1. The first-order valence-corrected chi connectivity index (χ1v) is 12.2. The SMILES string of the molecule is COc1ccc(Cl)cc1S(=O)(=O)N(CC(=O)NCCN1CCOCC1)Cc1ccccc1. The summed E-state index contributed by atoms with van der Waals surface area (Å²) >= 11 is 6.06. The minimum Gasteiger partial charge on any atom is -0.495 e. The van der Waals surface area contributed by atoms with E-state index in [0.29, 0.717) is 26.3 Å². The van der Waals surface area contributed by atoms with Gasteiger partial charge in [0, 0.05) is 37.7 Å². The summed E-state index contributed by atoms with van der Waals surface area (Å²) in [6.45, 7) is 3.82. The third-order valence-corrected chi connectivity index (χ3v) is 7.17. The first-order valence-electron chi connectivity index (χ1n) is 10.3. The molecule has 10 heteroatoms. The molecule has 1 heterocycles. The van der Waals surface area contributed by atoms with Crippen LogP contribution in [0.2, 0.25) is 5.02 Å². The van der Waals surface area contributed by atoms with E-state index in [-0.39, 0.29) is 34.7 Å². The van der Waals surface area contributed by atoms with Gasteiger partial charge in [0.2, 0.25) is 15.9 Å². The molecular formula is C22H28ClN3O5S. The van der Waals surface area contributed by atoms with Crippen molar-refractivity contribution in [3.8, 4) is 5.75 Å². The molecule has 8 nitrogen and oxygen atoms in total. The number of nitrogens with one attached hydrogen (secondary N) is 1. The summed E-state index contributed by atoms with van der Waals surface area (Å²) in [6.07, 6.45) is 0. The summed E-state index contributed by atoms with van der Waals surface area (Å²) in [6, 6.07) is 13.5. The highest BCUT2D eigenvalue weighted by molar-refractivity contribution is 7.89. The van der Waals surface area contributed by atoms with E-state index >= 15 is 0 Å². The average molecular weight is 482 g/mol. The van der Waals surface area contributed by atoms with E-state index in [1.807, 2.05) is 30.3 Å². The van der Waals surface area contributed by atoms with E-state index in [4.69, 9.17) is 21.1 Å². The van der Waals surface area contributed by atoms with Crippen LogP contribution in [0.25, 0.3) is 0 Å². The molecule has 32 heavy (non-hydrogen) atoms. The van der Waals surface area contributed by atoms with E-state index in [1.54, 1.807) is 6.07 Å². The number of halogens is 1. The average Bonchev–Trinajstić information content (AvgIpc) is 2.80. The third kappa shape index (κ3) is 6.66. The predicted molar refractivity (Wildman–Crippen MR) is 122 cm³/mol. The molecule has 1 fully saturated rings. The van der Waals surface area contributed by atoms with Crippen LogP contribution in [0.4, 0.5) is 0 Å². The minimum atomic E-state index is -4.07. The lowest BCUT2D eigenvalue weighted by Gasteiger charge is -2.27. The monoisotopic (exact) mass is 481 g/mol. The van der Waals surface area contributed by atoms with Crippen LogP contribution < -0.4 is 10.1 Å². The zero-order chi connectivity index (χ0) is 23.0. The molecule has 0 aromatic heterocycles. The molecule has 0 unspecified atom stereocenters. The van der Waals surface area contributed by atoms with Crippen LogP contribution in [0.3, 0.4) is 0 Å². The topological polar surface area (TPSA) is 88.2 Å². The number of ether oxygens (including phenoxy) is 2. The number of rotatable bonds is 10. The summed E-state index contributed by atoms with van der Waals surface area (Å²) in [4.78, 5) is 14.8. The first-order chi connectivity index (χ1) is 15.4. The van der Waals surface area contributed by atoms with Gasteiger partial charge in [0.05, 0.1) is 26.9 Å². The summed E-state index contributed by atoms with van der Waals surface area (Å²) < 4.78 is 38.7. The van der Waals surface area contributed by atoms with Gasteiger partial charge < -0.3 is 14.8 Å². The van der Waals surface area contributed by atoms with Crippen molar-refractivity contribution in [3.63, 3.8) is 0 Å². The quantitative estimate of drug-likeness (QED) is 0.558. The van der Waals surface area contributed by atoms with Gasteiger partial charge in [-0.05, 0) is 23.8 Å². The number of hydrogen-bond donors (Lipinski definition) is 1. The lowest BCUT2D eigenvalue weighted by molar-refractivity contribution is -0.121. The highest BCUT2D eigenvalue weighted by Crippen LogP contribution is 2.30. The van der Waals surface area contributed by atoms with Gasteiger partial charge in [-0.25, -0.2) is 8.42 Å². The van der Waals surface area contributed by atoms with Crippen molar-refractivity contribution in [1.29, 1.82) is 0 Å². The Morgan fingerprint density at radius 1 is 1.19 bits per heavy atom. The maximum atomic E-state index is 13.5. The number of methoxy groups -OCH3 is 1. The van der Waals surface area contributed by atoms with Gasteiger partial charge in [-0.1, -0.05) is 41.9 Å². The van der Waals surface area contributed by atoms with Crippen LogP contribution in [0.5, 0.6) is 5.75 Å². The fourth-order valence-corrected chi connectivity index (χ4v) is 5.20. The normalized spacial score (nSPS) is 15.0. The molecule has 1 aliphatic heterocycles. The lowest BCUT2D eigenvalue weighted by Crippen LogP contribution is -2.44. The molecule has 1 N–H and O–H groups in total. The molecule has 1 amide bonds. The van der Waals surface area contributed by atoms with E-state index in [2.05, 4.69) is 10.2 Å². The van der Waals surface area contributed by atoms with Crippen LogP contribution >= 0.6 is 11.6 Å². The highest BCUT2D eigenvalue weighted by Gasteiger charge is 2.30. The molecule has 0 aliphatic carbocycles. The lowest BCUT2D eigenvalue weighted by atomic mass is 10.2. The Labute approximate surface area is 194 Å². The predicted octanol–water partition coefficient (Wildman–Crippen LogP) is 1.99. The second-order valence-corrected chi connectivity index (χ2v) is 9.70. The molecule has 0 spiro atoms. The summed E-state index contributed by atoms with van der Waals surface area (Å²) in [5, 5.41) is 3.09. The fourth-order valence-electron chi connectivity index (χ4n) is 3.40. The molecule has 0 saturated carbocycles. The van der Waals surface area contributed by atoms with Crippen molar-refractivity contribution < 1.29 is 22.7 Å². The van der Waals surface area contributed by atoms with Gasteiger partial charge in [-0.15, -0.1) is 0 Å². The minimum absolute atomic E-state index is 0.0374. The van der Waals surface area contributed by atoms with Crippen molar-refractivity contribution in [1.82, 2.24) is 14.5 Å². The second-order valence-electron chi connectivity index (χ2n) is 7.36. The molecule has 1 aliphatic rings. The van der Waals surface area contributed by atoms with Gasteiger partial charge in [-0.2, -0.15) is 4.31 Å². The zero-order valence-corrected chi connectivity index (χ0v) is 19.6. The van der Waals surface area contributed by atoms with Gasteiger partial charge in [0.25, 0.3) is 0 Å². The summed E-state index contributed by atoms with van der Waals surface area (Å²) in [7, 11) is -2.68. The molecule has 0 radical (unpaired) electrons. The number of carbonyl (C=O) groups is 1. The third-order valence-electron chi connectivity index (χ3n) is 5.12. The molecular weight excluding hydrogens is 454 g/mol. The van der Waals surface area contributed by atoms with Gasteiger partial charge >= 0.3 is 0 Å². The molecule has 2 aromatic rings. The number of hydrogen-bond acceptors (Lipinski definition) is 6. The molecule has 174 valence electrons. The number of morpholine rings is 1. The van der Waals surface area contributed by atoms with E-state index in [1.165, 1.54) is 19.2 Å². The fraction of sp³-hybridized carbons (Fsp3) is 0.409. The Morgan fingerprint density at radius 3 is 2.59 bits per heavy atom. The molecule has 2 aromatic carbocycles. The van der Waals surface area contributed by atoms with Crippen molar-refractivity contribution in [3.05, 3.63) is 59.1 Å². The molecule has 0 bridgehead atoms. The number of carbonyl (C=O) groups excluding carboxylic acids is 1. The van der Waals surface area contributed by atoms with Gasteiger partial charge in [0.15, 0.2) is 0 Å². The maximum Gasteiger partial charge on any atom is 0.247 e. The van der Waals surface area contributed by atoms with Crippen LogP contribution in [-0.4, -0.2) is 76.6 Å². The van der Waals surface area contributed by atoms with E-state index in [0.717, 1.165) is 23.0 Å². The molecule has 0 atom stereocenters. The number of nitrogens with zero attached hydrogens (tertiary/aromatic N) is 2. The highest BCUT2D eigenvalue weighted by atomic mass is 35.5. The summed E-state index contributed by atoms with van der Waals surface area (Å²) in [5.41, 5.74) is 0.762. The largest absolute Gasteiger partial charge is 0.495 e.